The molecule has 0 aliphatic carbocycles. The van der Waals surface area contributed by atoms with E-state index in [1.807, 2.05) is 0 Å². The van der Waals surface area contributed by atoms with E-state index in [1.165, 1.54) is 6.26 Å². The first-order valence-electron chi connectivity index (χ1n) is 7.21. The van der Waals surface area contributed by atoms with Gasteiger partial charge in [0.1, 0.15) is 0 Å². The number of furan rings is 1. The number of piperidine rings is 1. The lowest BCUT2D eigenvalue weighted by Gasteiger charge is -2.31. The third kappa shape index (κ3) is 3.73. The van der Waals surface area contributed by atoms with Crippen LogP contribution in [0.5, 0.6) is 0 Å². The molecule has 3 rings (SSSR count). The summed E-state index contributed by atoms with van der Waals surface area (Å²) in [5.41, 5.74) is 5.32. The molecule has 0 spiro atoms. The number of hydrogen-bond donors (Lipinski definition) is 1. The Morgan fingerprint density at radius 3 is 3.04 bits per heavy atom. The normalized spacial score (nSPS) is 18.1. The lowest BCUT2D eigenvalue weighted by molar-refractivity contribution is -0.132. The maximum atomic E-state index is 12.2. The fraction of sp³-hybridized carbons (Fsp3) is 0.429. The van der Waals surface area contributed by atoms with Crippen LogP contribution in [0.3, 0.4) is 0 Å². The molecule has 1 aliphatic rings. The van der Waals surface area contributed by atoms with Crippen molar-refractivity contribution < 1.29 is 18.4 Å². The molecule has 0 unspecified atom stereocenters. The van der Waals surface area contributed by atoms with Crippen molar-refractivity contribution in [1.29, 1.82) is 0 Å². The van der Waals surface area contributed by atoms with E-state index in [0.29, 0.717) is 24.1 Å². The molecule has 8 nitrogen and oxygen atoms in total. The van der Waals surface area contributed by atoms with Crippen LogP contribution in [0.4, 0.5) is 0 Å². The van der Waals surface area contributed by atoms with Crippen LogP contribution in [-0.2, 0) is 9.59 Å². The fourth-order valence-electron chi connectivity index (χ4n) is 2.42. The molecule has 0 radical (unpaired) electrons. The molecule has 1 atom stereocenters. The SMILES string of the molecule is NC(=O)[C@H]1CCCN(C(=O)CSc2nnc(-c3ccco3)o2)C1. The highest BCUT2D eigenvalue weighted by Gasteiger charge is 2.27. The van der Waals surface area contributed by atoms with Crippen LogP contribution in [0.15, 0.2) is 32.5 Å². The Labute approximate surface area is 136 Å². The van der Waals surface area contributed by atoms with Gasteiger partial charge in [0.2, 0.25) is 11.8 Å². The quantitative estimate of drug-likeness (QED) is 0.814. The maximum Gasteiger partial charge on any atom is 0.284 e. The summed E-state index contributed by atoms with van der Waals surface area (Å²) in [6.07, 6.45) is 3.04. The van der Waals surface area contributed by atoms with Gasteiger partial charge in [0.05, 0.1) is 17.9 Å². The smallest absolute Gasteiger partial charge is 0.284 e. The molecule has 23 heavy (non-hydrogen) atoms. The summed E-state index contributed by atoms with van der Waals surface area (Å²) in [7, 11) is 0. The third-order valence-corrected chi connectivity index (χ3v) is 4.44. The Morgan fingerprint density at radius 2 is 2.30 bits per heavy atom. The van der Waals surface area contributed by atoms with Gasteiger partial charge >= 0.3 is 0 Å². The Kier molecular flexibility index (Phi) is 4.65. The fourth-order valence-corrected chi connectivity index (χ4v) is 3.08. The average molecular weight is 336 g/mol. The number of aromatic nitrogens is 2. The molecule has 0 aromatic carbocycles. The molecule has 1 aliphatic heterocycles. The Balaban J connectivity index is 1.54. The number of primary amides is 1. The van der Waals surface area contributed by atoms with Crippen molar-refractivity contribution in [3.05, 3.63) is 18.4 Å². The second kappa shape index (κ2) is 6.86. The number of carbonyl (C=O) groups is 2. The predicted molar refractivity (Wildman–Crippen MR) is 81.2 cm³/mol. The number of likely N-dealkylation sites (tertiary alicyclic amines) is 1. The summed E-state index contributed by atoms with van der Waals surface area (Å²) in [5.74, 6) is 0.249. The summed E-state index contributed by atoms with van der Waals surface area (Å²) >= 11 is 1.16. The minimum absolute atomic E-state index is 0.0706. The van der Waals surface area contributed by atoms with Crippen LogP contribution < -0.4 is 5.73 Å². The maximum absolute atomic E-state index is 12.2. The van der Waals surface area contributed by atoms with Crippen molar-refractivity contribution in [2.24, 2.45) is 11.7 Å². The predicted octanol–water partition coefficient (Wildman–Crippen LogP) is 1.15. The van der Waals surface area contributed by atoms with Crippen LogP contribution >= 0.6 is 11.8 Å². The summed E-state index contributed by atoms with van der Waals surface area (Å²) in [6.45, 7) is 1.03. The Hall–Kier alpha value is -2.29. The topological polar surface area (TPSA) is 115 Å². The van der Waals surface area contributed by atoms with E-state index in [9.17, 15) is 9.59 Å². The minimum atomic E-state index is -0.352. The van der Waals surface area contributed by atoms with Gasteiger partial charge in [0.25, 0.3) is 11.1 Å². The van der Waals surface area contributed by atoms with Crippen molar-refractivity contribution in [2.75, 3.05) is 18.8 Å². The van der Waals surface area contributed by atoms with Gasteiger partial charge in [-0.3, -0.25) is 9.59 Å². The van der Waals surface area contributed by atoms with Gasteiger partial charge in [0, 0.05) is 13.1 Å². The largest absolute Gasteiger partial charge is 0.459 e. The molecule has 1 fully saturated rings. The zero-order valence-corrected chi connectivity index (χ0v) is 13.1. The molecular weight excluding hydrogens is 320 g/mol. The van der Waals surface area contributed by atoms with Crippen LogP contribution in [0.25, 0.3) is 11.7 Å². The first-order chi connectivity index (χ1) is 11.1. The van der Waals surface area contributed by atoms with E-state index < -0.39 is 0 Å². The van der Waals surface area contributed by atoms with E-state index >= 15 is 0 Å². The number of nitrogens with two attached hydrogens (primary N) is 1. The number of amides is 2. The van der Waals surface area contributed by atoms with Crippen LogP contribution in [0.1, 0.15) is 12.8 Å². The van der Waals surface area contributed by atoms with Crippen LogP contribution in [0, 0.1) is 5.92 Å². The van der Waals surface area contributed by atoms with E-state index in [1.54, 1.807) is 17.0 Å². The molecule has 9 heteroatoms. The third-order valence-electron chi connectivity index (χ3n) is 3.63. The molecule has 2 amide bonds. The molecule has 122 valence electrons. The lowest BCUT2D eigenvalue weighted by Crippen LogP contribution is -2.44. The molecule has 2 aromatic heterocycles. The number of rotatable bonds is 5. The number of hydrogen-bond acceptors (Lipinski definition) is 7. The molecule has 2 aromatic rings. The summed E-state index contributed by atoms with van der Waals surface area (Å²) in [4.78, 5) is 25.1. The van der Waals surface area contributed by atoms with E-state index in [0.717, 1.165) is 24.6 Å². The van der Waals surface area contributed by atoms with Gasteiger partial charge in [0.15, 0.2) is 5.76 Å². The zero-order valence-electron chi connectivity index (χ0n) is 12.3. The molecule has 1 saturated heterocycles. The summed E-state index contributed by atoms with van der Waals surface area (Å²) in [6, 6.07) is 3.44. The second-order valence-electron chi connectivity index (χ2n) is 5.22. The monoisotopic (exact) mass is 336 g/mol. The standard InChI is InChI=1S/C14H16N4O4S/c15-12(20)9-3-1-5-18(7-9)11(19)8-23-14-17-16-13(22-14)10-4-2-6-21-10/h2,4,6,9H,1,3,5,7-8H2,(H2,15,20)/t9-/m0/s1. The number of carbonyl (C=O) groups excluding carboxylic acids is 2. The van der Waals surface area contributed by atoms with Crippen molar-refractivity contribution in [1.82, 2.24) is 15.1 Å². The summed E-state index contributed by atoms with van der Waals surface area (Å²) in [5, 5.41) is 8.04. The van der Waals surface area contributed by atoms with Crippen molar-refractivity contribution in [2.45, 2.75) is 18.1 Å². The Morgan fingerprint density at radius 1 is 1.43 bits per heavy atom. The van der Waals surface area contributed by atoms with Crippen molar-refractivity contribution >= 4 is 23.6 Å². The van der Waals surface area contributed by atoms with E-state index in [-0.39, 0.29) is 29.4 Å². The molecular formula is C14H16N4O4S. The molecule has 0 saturated carbocycles. The minimum Gasteiger partial charge on any atom is -0.459 e. The zero-order chi connectivity index (χ0) is 16.2. The number of nitrogens with zero attached hydrogens (tertiary/aromatic N) is 3. The van der Waals surface area contributed by atoms with Gasteiger partial charge in [-0.1, -0.05) is 11.8 Å². The molecule has 3 heterocycles. The van der Waals surface area contributed by atoms with Crippen molar-refractivity contribution in [3.63, 3.8) is 0 Å². The van der Waals surface area contributed by atoms with E-state index in [2.05, 4.69) is 10.2 Å². The van der Waals surface area contributed by atoms with Gasteiger partial charge in [-0.25, -0.2) is 0 Å². The van der Waals surface area contributed by atoms with Gasteiger partial charge in [-0.2, -0.15) is 0 Å². The summed E-state index contributed by atoms with van der Waals surface area (Å²) < 4.78 is 10.6. The van der Waals surface area contributed by atoms with Crippen LogP contribution in [-0.4, -0.2) is 45.8 Å². The average Bonchev–Trinajstić information content (AvgIpc) is 3.23. The first-order valence-corrected chi connectivity index (χ1v) is 8.19. The molecule has 0 bridgehead atoms. The number of thioether (sulfide) groups is 1. The lowest BCUT2D eigenvalue weighted by atomic mass is 9.97. The second-order valence-corrected chi connectivity index (χ2v) is 6.15. The van der Waals surface area contributed by atoms with Gasteiger partial charge < -0.3 is 19.5 Å². The van der Waals surface area contributed by atoms with Crippen molar-refractivity contribution in [3.8, 4) is 11.7 Å². The van der Waals surface area contributed by atoms with Crippen LogP contribution in [0.2, 0.25) is 0 Å². The first kappa shape index (κ1) is 15.6. The van der Waals surface area contributed by atoms with Gasteiger partial charge in [-0.15, -0.1) is 10.2 Å². The highest BCUT2D eigenvalue weighted by molar-refractivity contribution is 7.99. The van der Waals surface area contributed by atoms with Gasteiger partial charge in [-0.05, 0) is 25.0 Å². The van der Waals surface area contributed by atoms with E-state index in [4.69, 9.17) is 14.6 Å². The molecule has 2 N–H and O–H groups in total. The highest BCUT2D eigenvalue weighted by atomic mass is 32.2. The highest BCUT2D eigenvalue weighted by Crippen LogP contribution is 2.24. The Bertz CT molecular complexity index is 685.